The lowest BCUT2D eigenvalue weighted by molar-refractivity contribution is -0.143. The summed E-state index contributed by atoms with van der Waals surface area (Å²) in [5.41, 5.74) is -4.65. The molecule has 0 spiro atoms. The monoisotopic (exact) mass is 1090 g/mol. The molecule has 392 valence electrons. The molecule has 0 fully saturated rings. The predicted octanol–water partition coefficient (Wildman–Crippen LogP) is 8.02. The van der Waals surface area contributed by atoms with E-state index in [4.69, 9.17) is 31.6 Å². The number of nitrogens with zero attached hydrogens (tertiary/aromatic N) is 6. The smallest absolute Gasteiger partial charge is 0.435 e. The molecule has 6 rings (SSSR count). The first-order valence-electron chi connectivity index (χ1n) is 21.0. The number of carboxylic acids is 1. The molecule has 3 heterocycles. The van der Waals surface area contributed by atoms with Crippen LogP contribution in [0.4, 0.5) is 54.5 Å². The second-order valence-corrected chi connectivity index (χ2v) is 20.3. The maximum atomic E-state index is 15.1. The van der Waals surface area contributed by atoms with Gasteiger partial charge in [-0.2, -0.15) is 49.6 Å². The summed E-state index contributed by atoms with van der Waals surface area (Å²) in [7, 11) is -3.80. The topological polar surface area (TPSA) is 219 Å². The third kappa shape index (κ3) is 13.5. The summed E-state index contributed by atoms with van der Waals surface area (Å²) in [5, 5.41) is 27.3. The Kier molecular flexibility index (Phi) is 17.6. The molecule has 0 radical (unpaired) electrons. The number of carbonyl (C=O) groups is 4. The Bertz CT molecular complexity index is 2910. The summed E-state index contributed by atoms with van der Waals surface area (Å²) in [4.78, 5) is 51.8. The summed E-state index contributed by atoms with van der Waals surface area (Å²) >= 11 is 6.65. The van der Waals surface area contributed by atoms with Crippen molar-refractivity contribution in [2.75, 3.05) is 23.4 Å². The Balaban J connectivity index is 0.00000313. The number of urea groups is 1. The Morgan fingerprint density at radius 1 is 0.972 bits per heavy atom. The molecule has 3 amide bonds. The number of rotatable bonds is 17. The average Bonchev–Trinajstić information content (AvgIpc) is 3.90. The summed E-state index contributed by atoms with van der Waals surface area (Å²) < 4.78 is 171. The maximum absolute atomic E-state index is 15.1. The largest absolute Gasteiger partial charge is 0.483 e. The standard InChI is InChI=1S/C42H41ClF10N8O6S2.CH2O2/c1-39(2,68(3)66)12-9-24-5-6-25(26-7-8-28(43)32-34(26)60(20-41(48,49)50)58-37(32)61(69(4)67)38(65)54-14-11-31(63)64)33(55-24)29(17-21-15-22(44)18-23(45)16-21)56-30(62)19-59-36-27(10-13-40(36,46)47)35(57-59)42(51,52)53;2-1-3/h5-8,15-16,18,29H,9-14,17,19-20H2,1-4H3,(H,54,65)(H,56,62)(H,63,64);1H,(H,2,3). The van der Waals surface area contributed by atoms with Crippen LogP contribution in [0.3, 0.4) is 0 Å². The molecule has 16 nitrogen and oxygen atoms in total. The van der Waals surface area contributed by atoms with Gasteiger partial charge in [-0.05, 0) is 69.4 Å². The summed E-state index contributed by atoms with van der Waals surface area (Å²) in [5.74, 6) is -9.29. The summed E-state index contributed by atoms with van der Waals surface area (Å²) in [6, 6.07) is 4.53. The van der Waals surface area contributed by atoms with Gasteiger partial charge in [0.2, 0.25) is 5.91 Å². The van der Waals surface area contributed by atoms with E-state index in [1.807, 2.05) is 0 Å². The van der Waals surface area contributed by atoms with Crippen molar-refractivity contribution in [1.82, 2.24) is 35.2 Å². The Morgan fingerprint density at radius 3 is 2.17 bits per heavy atom. The zero-order valence-electron chi connectivity index (χ0n) is 38.1. The van der Waals surface area contributed by atoms with Crippen molar-refractivity contribution in [2.24, 2.45) is 0 Å². The van der Waals surface area contributed by atoms with Crippen LogP contribution in [0, 0.1) is 11.6 Å². The quantitative estimate of drug-likeness (QED) is 0.0516. The molecule has 2 aromatic carbocycles. The van der Waals surface area contributed by atoms with Gasteiger partial charge in [-0.3, -0.25) is 32.9 Å². The average molecular weight is 1090 g/mol. The number of carbonyl (C=O) groups excluding carboxylic acids is 2. The predicted molar refractivity (Wildman–Crippen MR) is 242 cm³/mol. The molecule has 1 aliphatic carbocycles. The van der Waals surface area contributed by atoms with E-state index in [-0.39, 0.29) is 57.1 Å². The molecule has 4 N–H and O–H groups in total. The van der Waals surface area contributed by atoms with Crippen LogP contribution in [0.25, 0.3) is 22.0 Å². The van der Waals surface area contributed by atoms with E-state index < -0.39 is 159 Å². The molecule has 5 aromatic rings. The van der Waals surface area contributed by atoms with Gasteiger partial charge in [-0.25, -0.2) is 17.8 Å². The van der Waals surface area contributed by atoms with E-state index in [1.54, 1.807) is 13.8 Å². The minimum absolute atomic E-state index is 0.0598. The SMILES string of the molecule is CS(=O)N(C(=O)NCCC(=O)O)c1nn(CC(F)(F)F)c2c(-c3ccc(CCC(C)(C)S(C)=O)nc3C(Cc3cc(F)cc(F)c3)NC(=O)Cn3nc(C(F)(F)F)c4c3C(F)(F)CC4)ccc(Cl)c12.O=CO. The highest BCUT2D eigenvalue weighted by Gasteiger charge is 2.50. The highest BCUT2D eigenvalue weighted by molar-refractivity contribution is 7.86. The number of pyridine rings is 1. The number of benzene rings is 2. The van der Waals surface area contributed by atoms with Gasteiger partial charge >= 0.3 is 24.4 Å². The van der Waals surface area contributed by atoms with Gasteiger partial charge < -0.3 is 20.8 Å². The maximum Gasteiger partial charge on any atom is 0.435 e. The van der Waals surface area contributed by atoms with Crippen LogP contribution in [0.15, 0.2) is 42.5 Å². The minimum atomic E-state index is -5.19. The van der Waals surface area contributed by atoms with Crippen molar-refractivity contribution in [1.29, 1.82) is 0 Å². The number of aliphatic carboxylic acids is 1. The number of nitrogens with one attached hydrogen (secondary N) is 2. The first kappa shape index (κ1) is 56.8. The third-order valence-electron chi connectivity index (χ3n) is 11.1. The first-order valence-corrected chi connectivity index (χ1v) is 24.4. The third-order valence-corrected chi connectivity index (χ3v) is 14.0. The van der Waals surface area contributed by atoms with E-state index >= 15 is 8.78 Å². The number of aryl methyl sites for hydroxylation is 1. The molecule has 3 unspecified atom stereocenters. The first-order chi connectivity index (χ1) is 33.4. The van der Waals surface area contributed by atoms with Crippen molar-refractivity contribution >= 4 is 74.5 Å². The number of hydrogen-bond acceptors (Lipinski definition) is 9. The van der Waals surface area contributed by atoms with Gasteiger partial charge in [-0.15, -0.1) is 0 Å². The molecule has 0 saturated heterocycles. The van der Waals surface area contributed by atoms with Crippen molar-refractivity contribution in [2.45, 2.75) is 94.5 Å². The zero-order chi connectivity index (χ0) is 53.8. The minimum Gasteiger partial charge on any atom is -0.483 e. The second kappa shape index (κ2) is 22.3. The van der Waals surface area contributed by atoms with Gasteiger partial charge in [-0.1, -0.05) is 23.7 Å². The second-order valence-electron chi connectivity index (χ2n) is 16.7. The molecule has 72 heavy (non-hydrogen) atoms. The molecular weight excluding hydrogens is 1050 g/mol. The van der Waals surface area contributed by atoms with Crippen LogP contribution >= 0.6 is 11.6 Å². The van der Waals surface area contributed by atoms with E-state index in [0.717, 1.165) is 18.4 Å². The van der Waals surface area contributed by atoms with Gasteiger partial charge in [0, 0.05) is 69.5 Å². The number of halogens is 11. The number of aromatic nitrogens is 5. The fourth-order valence-electron chi connectivity index (χ4n) is 7.76. The fraction of sp³-hybridized carbons (Fsp3) is 0.419. The fourth-order valence-corrected chi connectivity index (χ4v) is 9.05. The van der Waals surface area contributed by atoms with E-state index in [9.17, 15) is 57.9 Å². The lowest BCUT2D eigenvalue weighted by atomic mass is 9.93. The van der Waals surface area contributed by atoms with Gasteiger partial charge in [0.05, 0.1) is 34.1 Å². The number of fused-ring (bicyclic) bond motifs is 2. The van der Waals surface area contributed by atoms with Crippen molar-refractivity contribution in [3.63, 3.8) is 0 Å². The summed E-state index contributed by atoms with van der Waals surface area (Å²) in [6.07, 6.45) is -10.4. The molecule has 3 aromatic heterocycles. The molecule has 1 aliphatic rings. The Morgan fingerprint density at radius 2 is 1.60 bits per heavy atom. The highest BCUT2D eigenvalue weighted by atomic mass is 35.5. The van der Waals surface area contributed by atoms with Crippen molar-refractivity contribution in [3.8, 4) is 11.1 Å². The molecule has 0 bridgehead atoms. The van der Waals surface area contributed by atoms with Gasteiger partial charge in [0.25, 0.3) is 12.4 Å². The number of hydrogen-bond donors (Lipinski definition) is 4. The molecule has 29 heteroatoms. The van der Waals surface area contributed by atoms with E-state index in [0.29, 0.717) is 15.1 Å². The van der Waals surface area contributed by atoms with Gasteiger partial charge in [0.1, 0.15) is 41.4 Å². The summed E-state index contributed by atoms with van der Waals surface area (Å²) in [6.45, 7) is -0.483. The van der Waals surface area contributed by atoms with Crippen LogP contribution in [0.2, 0.25) is 5.02 Å². The highest BCUT2D eigenvalue weighted by Crippen LogP contribution is 2.47. The Hall–Kier alpha value is -6.16. The van der Waals surface area contributed by atoms with Gasteiger partial charge in [0.15, 0.2) is 11.5 Å². The normalized spacial score (nSPS) is 14.7. The number of amides is 3. The van der Waals surface area contributed by atoms with E-state index in [1.165, 1.54) is 30.5 Å². The number of alkyl halides is 8. The molecular formula is C43H43ClF10N8O8S2. The van der Waals surface area contributed by atoms with Crippen LogP contribution in [0.1, 0.15) is 73.1 Å². The van der Waals surface area contributed by atoms with E-state index in [2.05, 4.69) is 20.8 Å². The number of carboxylic acid groups (broad SMARTS) is 2. The molecule has 0 saturated carbocycles. The lowest BCUT2D eigenvalue weighted by Crippen LogP contribution is -2.42. The van der Waals surface area contributed by atoms with Crippen LogP contribution < -0.4 is 14.9 Å². The lowest BCUT2D eigenvalue weighted by Gasteiger charge is -2.25. The Labute approximate surface area is 412 Å². The zero-order valence-corrected chi connectivity index (χ0v) is 40.5. The van der Waals surface area contributed by atoms with Crippen LogP contribution in [-0.2, 0) is 80.6 Å². The van der Waals surface area contributed by atoms with Crippen molar-refractivity contribution in [3.05, 3.63) is 93.0 Å². The van der Waals surface area contributed by atoms with Crippen LogP contribution in [-0.4, -0.2) is 97.5 Å². The molecule has 3 atom stereocenters. The number of anilines is 1. The van der Waals surface area contributed by atoms with Crippen molar-refractivity contribution < 1.29 is 81.7 Å². The van der Waals surface area contributed by atoms with Crippen LogP contribution in [0.5, 0.6) is 0 Å². The molecule has 0 aliphatic heterocycles.